The molecule has 0 spiro atoms. The van der Waals surface area contributed by atoms with Gasteiger partial charge in [0.15, 0.2) is 0 Å². The summed E-state index contributed by atoms with van der Waals surface area (Å²) in [6, 6.07) is 8.76. The highest BCUT2D eigenvalue weighted by molar-refractivity contribution is 7.16. The number of aromatic nitrogens is 1. The lowest BCUT2D eigenvalue weighted by Gasteiger charge is -2.19. The zero-order chi connectivity index (χ0) is 17.0. The van der Waals surface area contributed by atoms with Crippen LogP contribution in [0.4, 0.5) is 9.80 Å². The molecule has 0 aliphatic rings. The van der Waals surface area contributed by atoms with Crippen molar-refractivity contribution in [3.05, 3.63) is 46.1 Å². The van der Waals surface area contributed by atoms with Crippen LogP contribution in [0.25, 0.3) is 0 Å². The summed E-state index contributed by atoms with van der Waals surface area (Å²) in [6.07, 6.45) is 0.877. The van der Waals surface area contributed by atoms with Gasteiger partial charge in [-0.15, -0.1) is 11.3 Å². The predicted octanol–water partition coefficient (Wildman–Crippen LogP) is 3.61. The number of hydrogen-bond donors (Lipinski definition) is 1. The van der Waals surface area contributed by atoms with Crippen molar-refractivity contribution >= 4 is 22.4 Å². The van der Waals surface area contributed by atoms with E-state index in [-0.39, 0.29) is 0 Å². The highest BCUT2D eigenvalue weighted by Gasteiger charge is 2.20. The van der Waals surface area contributed by atoms with Crippen molar-refractivity contribution in [3.8, 4) is 6.07 Å². The van der Waals surface area contributed by atoms with Crippen LogP contribution in [0, 0.1) is 24.2 Å². The van der Waals surface area contributed by atoms with Gasteiger partial charge < -0.3 is 5.73 Å². The number of nitrogens with zero attached hydrogens (tertiary/aromatic N) is 3. The van der Waals surface area contributed by atoms with E-state index in [0.29, 0.717) is 18.0 Å². The molecule has 0 unspecified atom stereocenters. The molecule has 5 nitrogen and oxygen atoms in total. The van der Waals surface area contributed by atoms with Crippen molar-refractivity contribution in [3.63, 3.8) is 0 Å². The Morgan fingerprint density at radius 3 is 2.83 bits per heavy atom. The number of benzene rings is 1. The van der Waals surface area contributed by atoms with E-state index in [2.05, 4.69) is 24.9 Å². The molecule has 120 valence electrons. The van der Waals surface area contributed by atoms with Crippen LogP contribution in [0.2, 0.25) is 0 Å². The van der Waals surface area contributed by atoms with Crippen LogP contribution in [-0.4, -0.2) is 11.0 Å². The van der Waals surface area contributed by atoms with Crippen LogP contribution in [-0.2, 0) is 13.0 Å². The van der Waals surface area contributed by atoms with Crippen LogP contribution in [0.3, 0.4) is 0 Å². The van der Waals surface area contributed by atoms with Gasteiger partial charge in [0, 0.05) is 6.42 Å². The number of anilines is 1. The minimum absolute atomic E-state index is 0.328. The standard InChI is InChI=1S/C17H20N4OS/c1-11(2)7-15-20-12(3)16(23-15)21(17(19)22)10-14-6-4-5-13(8-14)9-18/h4-6,8,11H,7,10H2,1-3H3,(H2,19,22). The Hall–Kier alpha value is -2.39. The minimum atomic E-state index is -0.518. The lowest BCUT2D eigenvalue weighted by atomic mass is 10.1. The first-order valence-electron chi connectivity index (χ1n) is 7.43. The number of rotatable bonds is 5. The molecule has 0 aliphatic carbocycles. The van der Waals surface area contributed by atoms with Crippen molar-refractivity contribution in [1.82, 2.24) is 4.98 Å². The van der Waals surface area contributed by atoms with Gasteiger partial charge in [0.1, 0.15) is 5.00 Å². The zero-order valence-electron chi connectivity index (χ0n) is 13.5. The fourth-order valence-corrected chi connectivity index (χ4v) is 3.58. The number of nitrogens with two attached hydrogens (primary N) is 1. The van der Waals surface area contributed by atoms with E-state index in [1.165, 1.54) is 16.2 Å². The van der Waals surface area contributed by atoms with E-state index in [0.717, 1.165) is 27.7 Å². The van der Waals surface area contributed by atoms with Gasteiger partial charge in [0.25, 0.3) is 0 Å². The quantitative estimate of drug-likeness (QED) is 0.910. The van der Waals surface area contributed by atoms with Crippen molar-refractivity contribution in [1.29, 1.82) is 5.26 Å². The molecule has 2 rings (SSSR count). The molecular formula is C17H20N4OS. The van der Waals surface area contributed by atoms with Crippen molar-refractivity contribution in [2.75, 3.05) is 4.90 Å². The molecule has 0 fully saturated rings. The Labute approximate surface area is 140 Å². The Balaban J connectivity index is 2.30. The molecule has 1 aromatic carbocycles. The number of carbonyl (C=O) groups is 1. The number of nitriles is 1. The first kappa shape index (κ1) is 17.0. The summed E-state index contributed by atoms with van der Waals surface area (Å²) in [7, 11) is 0. The normalized spacial score (nSPS) is 10.6. The summed E-state index contributed by atoms with van der Waals surface area (Å²) in [5.74, 6) is 0.503. The van der Waals surface area contributed by atoms with E-state index < -0.39 is 6.03 Å². The van der Waals surface area contributed by atoms with Crippen molar-refractivity contribution in [2.45, 2.75) is 33.7 Å². The summed E-state index contributed by atoms with van der Waals surface area (Å²) >= 11 is 1.50. The van der Waals surface area contributed by atoms with Crippen LogP contribution >= 0.6 is 11.3 Å². The van der Waals surface area contributed by atoms with Gasteiger partial charge in [-0.3, -0.25) is 4.90 Å². The number of urea groups is 1. The maximum absolute atomic E-state index is 11.9. The zero-order valence-corrected chi connectivity index (χ0v) is 14.4. The number of aryl methyl sites for hydroxylation is 1. The maximum atomic E-state index is 11.9. The molecule has 2 amide bonds. The highest BCUT2D eigenvalue weighted by atomic mass is 32.1. The summed E-state index contributed by atoms with van der Waals surface area (Å²) in [6.45, 7) is 6.48. The molecule has 2 aromatic rings. The molecule has 2 N–H and O–H groups in total. The third kappa shape index (κ3) is 4.30. The average Bonchev–Trinajstić information content (AvgIpc) is 2.84. The van der Waals surface area contributed by atoms with Gasteiger partial charge in [-0.25, -0.2) is 9.78 Å². The lowest BCUT2D eigenvalue weighted by Crippen LogP contribution is -2.35. The fraction of sp³-hybridized carbons (Fsp3) is 0.353. The minimum Gasteiger partial charge on any atom is -0.351 e. The topological polar surface area (TPSA) is 83.0 Å². The number of amides is 2. The van der Waals surface area contributed by atoms with Gasteiger partial charge in [0.2, 0.25) is 0 Å². The van der Waals surface area contributed by atoms with Gasteiger partial charge in [-0.1, -0.05) is 26.0 Å². The number of carbonyl (C=O) groups excluding carboxylic acids is 1. The molecule has 0 radical (unpaired) electrons. The second-order valence-corrected chi connectivity index (χ2v) is 6.89. The summed E-state index contributed by atoms with van der Waals surface area (Å²) < 4.78 is 0. The monoisotopic (exact) mass is 328 g/mol. The van der Waals surface area contributed by atoms with E-state index in [4.69, 9.17) is 11.0 Å². The highest BCUT2D eigenvalue weighted by Crippen LogP contribution is 2.30. The second kappa shape index (κ2) is 7.25. The Morgan fingerprint density at radius 2 is 2.22 bits per heavy atom. The molecule has 23 heavy (non-hydrogen) atoms. The van der Waals surface area contributed by atoms with Gasteiger partial charge in [-0.2, -0.15) is 5.26 Å². The number of hydrogen-bond acceptors (Lipinski definition) is 4. The van der Waals surface area contributed by atoms with Gasteiger partial charge in [0.05, 0.1) is 28.9 Å². The molecule has 0 bridgehead atoms. The molecule has 6 heteroatoms. The second-order valence-electron chi connectivity index (χ2n) is 5.83. The summed E-state index contributed by atoms with van der Waals surface area (Å²) in [5, 5.41) is 10.8. The predicted molar refractivity (Wildman–Crippen MR) is 92.3 cm³/mol. The first-order chi connectivity index (χ1) is 10.9. The van der Waals surface area contributed by atoms with E-state index in [1.807, 2.05) is 13.0 Å². The smallest absolute Gasteiger partial charge is 0.320 e. The van der Waals surface area contributed by atoms with E-state index in [1.54, 1.807) is 18.2 Å². The molecule has 0 saturated carbocycles. The molecule has 0 saturated heterocycles. The first-order valence-corrected chi connectivity index (χ1v) is 8.24. The SMILES string of the molecule is Cc1nc(CC(C)C)sc1N(Cc1cccc(C#N)c1)C(N)=O. The molecule has 1 heterocycles. The van der Waals surface area contributed by atoms with Crippen molar-refractivity contribution in [2.24, 2.45) is 11.7 Å². The molecular weight excluding hydrogens is 308 g/mol. The van der Waals surface area contributed by atoms with E-state index >= 15 is 0 Å². The average molecular weight is 328 g/mol. The summed E-state index contributed by atoms with van der Waals surface area (Å²) in [4.78, 5) is 18.0. The van der Waals surface area contributed by atoms with E-state index in [9.17, 15) is 4.79 Å². The van der Waals surface area contributed by atoms with Crippen LogP contribution in [0.5, 0.6) is 0 Å². The van der Waals surface area contributed by atoms with Crippen LogP contribution in [0.1, 0.15) is 35.7 Å². The lowest BCUT2D eigenvalue weighted by molar-refractivity contribution is 0.253. The maximum Gasteiger partial charge on any atom is 0.320 e. The molecule has 0 atom stereocenters. The van der Waals surface area contributed by atoms with Crippen molar-refractivity contribution < 1.29 is 4.79 Å². The fourth-order valence-electron chi connectivity index (χ4n) is 2.30. The third-order valence-electron chi connectivity index (χ3n) is 3.31. The van der Waals surface area contributed by atoms with Crippen LogP contribution < -0.4 is 10.6 Å². The molecule has 1 aromatic heterocycles. The Morgan fingerprint density at radius 1 is 1.48 bits per heavy atom. The van der Waals surface area contributed by atoms with Gasteiger partial charge in [-0.05, 0) is 30.5 Å². The number of thiazole rings is 1. The summed E-state index contributed by atoms with van der Waals surface area (Å²) in [5.41, 5.74) is 7.80. The largest absolute Gasteiger partial charge is 0.351 e. The molecule has 0 aliphatic heterocycles. The number of primary amides is 1. The Bertz CT molecular complexity index is 745. The third-order valence-corrected chi connectivity index (χ3v) is 4.51. The Kier molecular flexibility index (Phi) is 5.35. The van der Waals surface area contributed by atoms with Crippen LogP contribution in [0.15, 0.2) is 24.3 Å². The van der Waals surface area contributed by atoms with Gasteiger partial charge >= 0.3 is 6.03 Å².